The standard InChI is InChI=1S/C31H30ClFN8O2/c1-30(2,3)43-29(42)38-31(21-7-5-6-8-22(21)33)11-13-41(14-12-31)28-36-24(15-34)25-19(16-35-27(25)37-28)18-9-10-23-20(26(18)32)17-40(4)39-23/h5-10,16-17H,11-14H2,1-4H3,(H,38,42)(H,35,36,37). The Hall–Kier alpha value is -4.69. The van der Waals surface area contributed by atoms with Gasteiger partial charge in [-0.1, -0.05) is 35.9 Å². The Labute approximate surface area is 252 Å². The summed E-state index contributed by atoms with van der Waals surface area (Å²) in [6.07, 6.45) is 3.75. The normalized spacial score (nSPS) is 15.0. The van der Waals surface area contributed by atoms with Crippen molar-refractivity contribution in [1.29, 1.82) is 5.26 Å². The van der Waals surface area contributed by atoms with Crippen LogP contribution in [0.5, 0.6) is 0 Å². The summed E-state index contributed by atoms with van der Waals surface area (Å²) in [7, 11) is 1.83. The first-order valence-electron chi connectivity index (χ1n) is 13.9. The maximum atomic E-state index is 15.1. The van der Waals surface area contributed by atoms with Crippen LogP contribution < -0.4 is 10.2 Å². The number of nitrogens with zero attached hydrogens (tertiary/aromatic N) is 6. The summed E-state index contributed by atoms with van der Waals surface area (Å²) in [5, 5.41) is 19.4. The molecule has 3 aromatic heterocycles. The molecule has 1 aliphatic rings. The molecule has 0 unspecified atom stereocenters. The molecule has 0 saturated carbocycles. The van der Waals surface area contributed by atoms with E-state index in [1.165, 1.54) is 6.07 Å². The largest absolute Gasteiger partial charge is 0.444 e. The summed E-state index contributed by atoms with van der Waals surface area (Å²) in [5.74, 6) is -0.0378. The average molecular weight is 601 g/mol. The highest BCUT2D eigenvalue weighted by Gasteiger charge is 2.41. The third-order valence-electron chi connectivity index (χ3n) is 7.68. The van der Waals surface area contributed by atoms with E-state index in [9.17, 15) is 10.1 Å². The number of halogens is 2. The molecule has 2 aromatic carbocycles. The number of ether oxygens (including phenoxy) is 1. The molecule has 1 amide bonds. The number of aromatic nitrogens is 5. The lowest BCUT2D eigenvalue weighted by atomic mass is 9.80. The molecule has 10 nitrogen and oxygen atoms in total. The minimum atomic E-state index is -0.992. The minimum absolute atomic E-state index is 0.205. The Kier molecular flexibility index (Phi) is 6.97. The number of hydrogen-bond acceptors (Lipinski definition) is 7. The van der Waals surface area contributed by atoms with Crippen molar-refractivity contribution in [3.63, 3.8) is 0 Å². The van der Waals surface area contributed by atoms with E-state index < -0.39 is 23.1 Å². The number of H-pyrrole nitrogens is 1. The number of carbonyl (C=O) groups excluding carboxylic acids is 1. The fourth-order valence-electron chi connectivity index (χ4n) is 5.74. The second-order valence-electron chi connectivity index (χ2n) is 11.7. The zero-order chi connectivity index (χ0) is 30.5. The van der Waals surface area contributed by atoms with E-state index in [0.717, 1.165) is 16.5 Å². The van der Waals surface area contributed by atoms with Crippen LogP contribution in [-0.2, 0) is 17.3 Å². The summed E-state index contributed by atoms with van der Waals surface area (Å²) in [6, 6.07) is 12.4. The van der Waals surface area contributed by atoms with Crippen LogP contribution in [0.3, 0.4) is 0 Å². The second kappa shape index (κ2) is 10.5. The highest BCUT2D eigenvalue weighted by atomic mass is 35.5. The molecule has 1 fully saturated rings. The monoisotopic (exact) mass is 600 g/mol. The zero-order valence-corrected chi connectivity index (χ0v) is 25.0. The van der Waals surface area contributed by atoms with Crippen molar-refractivity contribution in [3.8, 4) is 17.2 Å². The molecule has 0 spiro atoms. The van der Waals surface area contributed by atoms with Gasteiger partial charge in [-0.15, -0.1) is 0 Å². The fourth-order valence-corrected chi connectivity index (χ4v) is 6.05. The number of piperidine rings is 1. The van der Waals surface area contributed by atoms with Gasteiger partial charge in [-0.25, -0.2) is 14.2 Å². The first-order chi connectivity index (χ1) is 20.5. The van der Waals surface area contributed by atoms with Crippen LogP contribution in [0.25, 0.3) is 33.1 Å². The van der Waals surface area contributed by atoms with Gasteiger partial charge in [0, 0.05) is 54.6 Å². The van der Waals surface area contributed by atoms with Gasteiger partial charge in [0.25, 0.3) is 0 Å². The third kappa shape index (κ3) is 5.23. The molecule has 12 heteroatoms. The molecular formula is C31H30ClFN8O2. The molecule has 5 aromatic rings. The summed E-state index contributed by atoms with van der Waals surface area (Å²) in [4.78, 5) is 27.4. The van der Waals surface area contributed by atoms with Gasteiger partial charge in [-0.05, 0) is 45.7 Å². The number of aryl methyl sites for hydroxylation is 1. The van der Waals surface area contributed by atoms with E-state index in [4.69, 9.17) is 21.3 Å². The lowest BCUT2D eigenvalue weighted by Gasteiger charge is -2.43. The van der Waals surface area contributed by atoms with E-state index >= 15 is 4.39 Å². The number of alkyl carbamates (subject to hydrolysis) is 1. The Bertz CT molecular complexity index is 1910. The summed E-state index contributed by atoms with van der Waals surface area (Å²) >= 11 is 6.79. The Morgan fingerprint density at radius 2 is 1.91 bits per heavy atom. The Morgan fingerprint density at radius 3 is 2.60 bits per heavy atom. The Balaban J connectivity index is 1.32. The van der Waals surface area contributed by atoms with E-state index in [1.807, 2.05) is 30.3 Å². The third-order valence-corrected chi connectivity index (χ3v) is 8.09. The number of carbonyl (C=O) groups is 1. The van der Waals surface area contributed by atoms with Crippen LogP contribution in [0.1, 0.15) is 44.9 Å². The summed E-state index contributed by atoms with van der Waals surface area (Å²) in [5.41, 5.74) is 1.62. The number of aromatic amines is 1. The maximum Gasteiger partial charge on any atom is 0.408 e. The number of fused-ring (bicyclic) bond motifs is 2. The zero-order valence-electron chi connectivity index (χ0n) is 24.2. The molecule has 6 rings (SSSR count). The van der Waals surface area contributed by atoms with Crippen LogP contribution >= 0.6 is 11.6 Å². The predicted octanol–water partition coefficient (Wildman–Crippen LogP) is 6.20. The minimum Gasteiger partial charge on any atom is -0.444 e. The molecule has 43 heavy (non-hydrogen) atoms. The summed E-state index contributed by atoms with van der Waals surface area (Å²) in [6.45, 7) is 6.14. The second-order valence-corrected chi connectivity index (χ2v) is 12.1. The highest BCUT2D eigenvalue weighted by molar-refractivity contribution is 6.38. The number of benzene rings is 2. The molecule has 2 N–H and O–H groups in total. The van der Waals surface area contributed by atoms with Crippen molar-refractivity contribution < 1.29 is 13.9 Å². The van der Waals surface area contributed by atoms with Gasteiger partial charge >= 0.3 is 6.09 Å². The summed E-state index contributed by atoms with van der Waals surface area (Å²) < 4.78 is 22.3. The van der Waals surface area contributed by atoms with Crippen molar-refractivity contribution >= 4 is 45.6 Å². The van der Waals surface area contributed by atoms with Crippen LogP contribution in [-0.4, -0.2) is 49.5 Å². The fraction of sp³-hybridized carbons (Fsp3) is 0.323. The first-order valence-corrected chi connectivity index (χ1v) is 14.3. The number of nitrogens with one attached hydrogen (secondary N) is 2. The maximum absolute atomic E-state index is 15.1. The molecule has 4 heterocycles. The van der Waals surface area contributed by atoms with Crippen molar-refractivity contribution in [2.75, 3.05) is 18.0 Å². The molecule has 220 valence electrons. The molecule has 0 radical (unpaired) electrons. The lowest BCUT2D eigenvalue weighted by molar-refractivity contribution is 0.0428. The predicted molar refractivity (Wildman–Crippen MR) is 162 cm³/mol. The molecule has 1 saturated heterocycles. The van der Waals surface area contributed by atoms with E-state index in [2.05, 4.69) is 26.5 Å². The average Bonchev–Trinajstić information content (AvgIpc) is 3.56. The van der Waals surface area contributed by atoms with Crippen molar-refractivity contribution in [2.45, 2.75) is 44.8 Å². The van der Waals surface area contributed by atoms with Gasteiger partial charge in [-0.3, -0.25) is 4.68 Å². The van der Waals surface area contributed by atoms with Gasteiger partial charge in [0.1, 0.15) is 23.1 Å². The number of hydrogen-bond donors (Lipinski definition) is 2. The van der Waals surface area contributed by atoms with Crippen LogP contribution in [0.15, 0.2) is 48.8 Å². The molecule has 0 atom stereocenters. The first kappa shape index (κ1) is 28.4. The number of nitriles is 1. The number of anilines is 1. The van der Waals surface area contributed by atoms with Gasteiger partial charge < -0.3 is 19.9 Å². The van der Waals surface area contributed by atoms with Crippen molar-refractivity contribution in [2.24, 2.45) is 7.05 Å². The van der Waals surface area contributed by atoms with Crippen molar-refractivity contribution in [1.82, 2.24) is 30.0 Å². The topological polar surface area (TPSA) is 125 Å². The van der Waals surface area contributed by atoms with E-state index in [1.54, 1.807) is 49.8 Å². The lowest BCUT2D eigenvalue weighted by Crippen LogP contribution is -2.54. The Morgan fingerprint density at radius 1 is 1.16 bits per heavy atom. The van der Waals surface area contributed by atoms with Crippen LogP contribution in [0.2, 0.25) is 5.02 Å². The van der Waals surface area contributed by atoms with Crippen molar-refractivity contribution in [3.05, 3.63) is 70.9 Å². The molecule has 0 aliphatic carbocycles. The number of rotatable bonds is 4. The molecule has 1 aliphatic heterocycles. The van der Waals surface area contributed by atoms with Gasteiger partial charge in [0.05, 0.1) is 21.5 Å². The SMILES string of the molecule is Cn1cc2c(Cl)c(-c3c[nH]c4nc(N5CCC(NC(=O)OC(C)(C)C)(c6ccccc6F)CC5)nc(C#N)c34)ccc2n1. The highest BCUT2D eigenvalue weighted by Crippen LogP contribution is 2.40. The van der Waals surface area contributed by atoms with Crippen LogP contribution in [0, 0.1) is 17.1 Å². The van der Waals surface area contributed by atoms with Gasteiger partial charge in [0.2, 0.25) is 5.95 Å². The smallest absolute Gasteiger partial charge is 0.408 e. The van der Waals surface area contributed by atoms with E-state index in [0.29, 0.717) is 59.1 Å². The molecular weight excluding hydrogens is 571 g/mol. The van der Waals surface area contributed by atoms with E-state index in [-0.39, 0.29) is 5.69 Å². The quantitative estimate of drug-likeness (QED) is 0.252. The number of amides is 1. The van der Waals surface area contributed by atoms with Gasteiger partial charge in [0.15, 0.2) is 5.69 Å². The van der Waals surface area contributed by atoms with Crippen LogP contribution in [0.4, 0.5) is 15.1 Å². The van der Waals surface area contributed by atoms with Gasteiger partial charge in [-0.2, -0.15) is 15.3 Å². The molecule has 0 bridgehead atoms.